The quantitative estimate of drug-likeness (QED) is 0.746. The molecule has 0 aromatic heterocycles. The molecule has 2 aromatic rings. The Hall–Kier alpha value is -1.91. The van der Waals surface area contributed by atoms with E-state index in [0.29, 0.717) is 11.5 Å². The van der Waals surface area contributed by atoms with Gasteiger partial charge < -0.3 is 0 Å². The van der Waals surface area contributed by atoms with Gasteiger partial charge >= 0.3 is 135 Å². The molecule has 0 unspecified atom stereocenters. The first kappa shape index (κ1) is 16.0. The minimum atomic E-state index is -4.15. The van der Waals surface area contributed by atoms with Gasteiger partial charge in [0.2, 0.25) is 0 Å². The van der Waals surface area contributed by atoms with E-state index < -0.39 is 7.74 Å². The molecule has 122 valence electrons. The molecule has 0 bridgehead atoms. The van der Waals surface area contributed by atoms with E-state index in [9.17, 15) is 0 Å². The summed E-state index contributed by atoms with van der Waals surface area (Å²) in [4.78, 5) is 0. The molecule has 0 radical (unpaired) electrons. The fourth-order valence-electron chi connectivity index (χ4n) is 2.39. The molecule has 0 fully saturated rings. The van der Waals surface area contributed by atoms with Crippen LogP contribution in [0.2, 0.25) is 0 Å². The van der Waals surface area contributed by atoms with Crippen molar-refractivity contribution in [2.24, 2.45) is 0 Å². The third-order valence-corrected chi connectivity index (χ3v) is 6.40. The van der Waals surface area contributed by atoms with Crippen LogP contribution in [0.5, 0.6) is 0 Å². The summed E-state index contributed by atoms with van der Waals surface area (Å²) in [5, 5.41) is 0. The molecule has 0 saturated heterocycles. The molecule has 1 aliphatic heterocycles. The number of benzene rings is 2. The fraction of sp³-hybridized carbons (Fsp3) is 0.176. The Morgan fingerprint density at radius 3 is 1.26 bits per heavy atom. The molecule has 1 heterocycles. The molecule has 3 rings (SSSR count). The van der Waals surface area contributed by atoms with Crippen LogP contribution in [0.3, 0.4) is 0 Å². The molecule has 0 N–H and O–H groups in total. The van der Waals surface area contributed by atoms with E-state index in [2.05, 4.69) is 0 Å². The Kier molecular flexibility index (Phi) is 4.13. The van der Waals surface area contributed by atoms with E-state index >= 15 is 0 Å². The van der Waals surface area contributed by atoms with Gasteiger partial charge in [-0.1, -0.05) is 0 Å². The van der Waals surface area contributed by atoms with Gasteiger partial charge in [0.15, 0.2) is 0 Å². The molecule has 0 amide bonds. The summed E-state index contributed by atoms with van der Waals surface area (Å²) in [6.45, 7) is 0. The van der Waals surface area contributed by atoms with Crippen molar-refractivity contribution in [1.82, 2.24) is 0 Å². The van der Waals surface area contributed by atoms with Crippen LogP contribution in [0.15, 0.2) is 60.7 Å². The maximum atomic E-state index is 6.06. The van der Waals surface area contributed by atoms with Crippen LogP contribution in [0.4, 0.5) is 0 Å². The molecular formula is C17H19O5P. The molecule has 23 heavy (non-hydrogen) atoms. The van der Waals surface area contributed by atoms with Crippen molar-refractivity contribution < 1.29 is 22.6 Å². The molecule has 2 aromatic carbocycles. The number of rotatable bonds is 5. The summed E-state index contributed by atoms with van der Waals surface area (Å²) in [5.74, 6) is 1.06. The van der Waals surface area contributed by atoms with Crippen molar-refractivity contribution in [1.29, 1.82) is 0 Å². The average Bonchev–Trinajstić information content (AvgIpc) is 3.01. The number of hydrogen-bond acceptors (Lipinski definition) is 5. The Morgan fingerprint density at radius 1 is 0.609 bits per heavy atom. The molecule has 0 spiro atoms. The molecule has 0 saturated carbocycles. The zero-order valence-electron chi connectivity index (χ0n) is 13.3. The second-order valence-corrected chi connectivity index (χ2v) is 7.82. The molecule has 0 atom stereocenters. The van der Waals surface area contributed by atoms with Gasteiger partial charge in [-0.25, -0.2) is 0 Å². The van der Waals surface area contributed by atoms with Crippen molar-refractivity contribution in [3.8, 4) is 0 Å². The standard InChI is InChI=1S/C17H19O5P/c1-18-23(19-2,20-3)21-16(14-10-6-4-7-11-14)17(22-23)15-12-8-5-9-13-15/h4-13H,1-3H3. The van der Waals surface area contributed by atoms with Gasteiger partial charge in [-0.2, -0.15) is 0 Å². The van der Waals surface area contributed by atoms with Gasteiger partial charge in [-0.15, -0.1) is 0 Å². The third kappa shape index (κ3) is 2.62. The first-order valence-corrected chi connectivity index (χ1v) is 8.94. The van der Waals surface area contributed by atoms with Crippen LogP contribution < -0.4 is 0 Å². The molecule has 6 heteroatoms. The zero-order chi connectivity index (χ0) is 16.4. The predicted octanol–water partition coefficient (Wildman–Crippen LogP) is 4.63. The summed E-state index contributed by atoms with van der Waals surface area (Å²) in [6, 6.07) is 19.3. The molecule has 0 aliphatic carbocycles. The zero-order valence-corrected chi connectivity index (χ0v) is 14.2. The van der Waals surface area contributed by atoms with Crippen molar-refractivity contribution in [3.63, 3.8) is 0 Å². The van der Waals surface area contributed by atoms with Crippen molar-refractivity contribution in [2.45, 2.75) is 0 Å². The minimum absolute atomic E-state index is 0.528. The normalized spacial score (nSPS) is 20.2. The van der Waals surface area contributed by atoms with Gasteiger partial charge in [-0.05, 0) is 0 Å². The average molecular weight is 334 g/mol. The van der Waals surface area contributed by atoms with E-state index in [1.54, 1.807) is 0 Å². The van der Waals surface area contributed by atoms with E-state index in [1.165, 1.54) is 21.3 Å². The van der Waals surface area contributed by atoms with E-state index in [1.807, 2.05) is 60.7 Å². The van der Waals surface area contributed by atoms with Crippen LogP contribution in [-0.2, 0) is 22.6 Å². The second-order valence-electron chi connectivity index (χ2n) is 4.87. The summed E-state index contributed by atoms with van der Waals surface area (Å²) < 4.78 is 28.6. The third-order valence-electron chi connectivity index (χ3n) is 3.65. The van der Waals surface area contributed by atoms with Gasteiger partial charge in [0, 0.05) is 0 Å². The van der Waals surface area contributed by atoms with Gasteiger partial charge in [0.1, 0.15) is 0 Å². The van der Waals surface area contributed by atoms with Crippen LogP contribution >= 0.6 is 7.74 Å². The molecular weight excluding hydrogens is 315 g/mol. The van der Waals surface area contributed by atoms with Crippen LogP contribution in [0.1, 0.15) is 11.1 Å². The summed E-state index contributed by atoms with van der Waals surface area (Å²) in [5.41, 5.74) is 1.70. The Morgan fingerprint density at radius 2 is 0.957 bits per heavy atom. The van der Waals surface area contributed by atoms with Crippen LogP contribution in [-0.4, -0.2) is 21.3 Å². The van der Waals surface area contributed by atoms with Crippen LogP contribution in [0.25, 0.3) is 11.5 Å². The van der Waals surface area contributed by atoms with Crippen molar-refractivity contribution >= 4 is 19.3 Å². The Balaban J connectivity index is 2.16. The fourth-order valence-corrected chi connectivity index (χ4v) is 4.30. The Bertz CT molecular complexity index is 644. The van der Waals surface area contributed by atoms with Crippen molar-refractivity contribution in [2.75, 3.05) is 21.3 Å². The first-order chi connectivity index (χ1) is 11.2. The topological polar surface area (TPSA) is 46.2 Å². The van der Waals surface area contributed by atoms with Gasteiger partial charge in [-0.3, -0.25) is 0 Å². The summed E-state index contributed by atoms with van der Waals surface area (Å²) >= 11 is 0. The first-order valence-electron chi connectivity index (χ1n) is 7.12. The summed E-state index contributed by atoms with van der Waals surface area (Å²) in [6.07, 6.45) is 0. The predicted molar refractivity (Wildman–Crippen MR) is 89.8 cm³/mol. The number of hydrogen-bond donors (Lipinski definition) is 0. The van der Waals surface area contributed by atoms with E-state index in [-0.39, 0.29) is 0 Å². The SMILES string of the molecule is COP1(OC)(OC)OC(c2ccccc2)=C(c2ccccc2)O1. The van der Waals surface area contributed by atoms with Crippen molar-refractivity contribution in [3.05, 3.63) is 71.8 Å². The van der Waals surface area contributed by atoms with Crippen LogP contribution in [0, 0.1) is 0 Å². The van der Waals surface area contributed by atoms with Gasteiger partial charge in [0.05, 0.1) is 0 Å². The molecule has 5 nitrogen and oxygen atoms in total. The van der Waals surface area contributed by atoms with E-state index in [4.69, 9.17) is 22.6 Å². The van der Waals surface area contributed by atoms with Gasteiger partial charge in [0.25, 0.3) is 0 Å². The monoisotopic (exact) mass is 334 g/mol. The summed E-state index contributed by atoms with van der Waals surface area (Å²) in [7, 11) is 0.183. The maximum absolute atomic E-state index is 6.06. The second kappa shape index (κ2) is 5.95. The Labute approximate surface area is 135 Å². The molecule has 1 aliphatic rings. The van der Waals surface area contributed by atoms with E-state index in [0.717, 1.165) is 11.1 Å².